The van der Waals surface area contributed by atoms with Crippen molar-refractivity contribution in [3.63, 3.8) is 0 Å². The van der Waals surface area contributed by atoms with Crippen molar-refractivity contribution in [2.45, 2.75) is 69.0 Å². The molecular formula is C34H40Cl3N3O7S. The number of rotatable bonds is 14. The SMILES string of the molecule is CCC(C(=O)NC1CCCCC1)N(Cc1ccc(Cl)c(Cl)c1)C(=O)CN(c1cc(Cl)ccc1OC)S(=O)(=O)c1ccc(OC)c(OC)c1. The first-order chi connectivity index (χ1) is 22.9. The fraction of sp³-hybridized carbons (Fsp3) is 0.412. The molecule has 14 heteroatoms. The standard InChI is InChI=1S/C34H40Cl3N3O7S/c1-5-28(34(42)38-24-9-7-6-8-10-24)39(20-22-11-14-26(36)27(37)17-22)33(41)21-40(29-18-23(35)12-15-30(29)45-2)48(43,44)25-13-16-31(46-3)32(19-25)47-4/h11-19,24,28H,5-10,20-21H2,1-4H3,(H,38,42). The maximum atomic E-state index is 14.5. The summed E-state index contributed by atoms with van der Waals surface area (Å²) in [6.07, 6.45) is 5.12. The van der Waals surface area contributed by atoms with Crippen molar-refractivity contribution < 1.29 is 32.2 Å². The first-order valence-electron chi connectivity index (χ1n) is 15.6. The zero-order valence-corrected chi connectivity index (χ0v) is 30.4. The molecule has 0 bridgehead atoms. The van der Waals surface area contributed by atoms with E-state index in [1.807, 2.05) is 0 Å². The number of anilines is 1. The van der Waals surface area contributed by atoms with Crippen LogP contribution in [0.5, 0.6) is 17.2 Å². The first-order valence-corrected chi connectivity index (χ1v) is 18.1. The molecule has 1 N–H and O–H groups in total. The molecule has 260 valence electrons. The molecule has 3 aromatic carbocycles. The average molecular weight is 741 g/mol. The van der Waals surface area contributed by atoms with Crippen molar-refractivity contribution in [2.24, 2.45) is 0 Å². The molecule has 4 rings (SSSR count). The largest absolute Gasteiger partial charge is 0.495 e. The molecule has 0 aliphatic heterocycles. The molecule has 1 atom stereocenters. The van der Waals surface area contributed by atoms with Gasteiger partial charge in [0.25, 0.3) is 10.0 Å². The molecule has 0 aromatic heterocycles. The fourth-order valence-electron chi connectivity index (χ4n) is 5.77. The van der Waals surface area contributed by atoms with E-state index in [1.165, 1.54) is 56.6 Å². The highest BCUT2D eigenvalue weighted by atomic mass is 35.5. The van der Waals surface area contributed by atoms with Crippen molar-refractivity contribution >= 4 is 62.3 Å². The van der Waals surface area contributed by atoms with Crippen LogP contribution in [0.2, 0.25) is 15.1 Å². The summed E-state index contributed by atoms with van der Waals surface area (Å²) in [5.74, 6) is -0.295. The van der Waals surface area contributed by atoms with Crippen LogP contribution in [0.1, 0.15) is 51.0 Å². The van der Waals surface area contributed by atoms with Crippen LogP contribution in [0.4, 0.5) is 5.69 Å². The van der Waals surface area contributed by atoms with E-state index >= 15 is 0 Å². The molecule has 3 aromatic rings. The van der Waals surface area contributed by atoms with Crippen LogP contribution in [0.15, 0.2) is 59.5 Å². The molecule has 1 aliphatic carbocycles. The number of nitrogens with zero attached hydrogens (tertiary/aromatic N) is 2. The molecule has 2 amide bonds. The number of amides is 2. The number of benzene rings is 3. The van der Waals surface area contributed by atoms with Gasteiger partial charge in [-0.25, -0.2) is 8.42 Å². The number of nitrogens with one attached hydrogen (secondary N) is 1. The zero-order chi connectivity index (χ0) is 35.0. The Labute approximate surface area is 297 Å². The lowest BCUT2D eigenvalue weighted by Gasteiger charge is -2.34. The number of methoxy groups -OCH3 is 3. The van der Waals surface area contributed by atoms with Crippen LogP contribution in [0, 0.1) is 0 Å². The number of ether oxygens (including phenoxy) is 3. The monoisotopic (exact) mass is 739 g/mol. The van der Waals surface area contributed by atoms with Gasteiger partial charge >= 0.3 is 0 Å². The van der Waals surface area contributed by atoms with Crippen molar-refractivity contribution in [3.8, 4) is 17.2 Å². The third-order valence-corrected chi connectivity index (χ3v) is 11.0. The van der Waals surface area contributed by atoms with E-state index in [0.717, 1.165) is 36.4 Å². The summed E-state index contributed by atoms with van der Waals surface area (Å²) in [4.78, 5) is 29.5. The molecule has 48 heavy (non-hydrogen) atoms. The Balaban J connectivity index is 1.80. The molecule has 10 nitrogen and oxygen atoms in total. The number of hydrogen-bond acceptors (Lipinski definition) is 7. The van der Waals surface area contributed by atoms with Crippen molar-refractivity contribution in [1.82, 2.24) is 10.2 Å². The Morgan fingerprint density at radius 3 is 2.15 bits per heavy atom. The van der Waals surface area contributed by atoms with Crippen LogP contribution in [-0.4, -0.2) is 65.1 Å². The maximum absolute atomic E-state index is 14.5. The van der Waals surface area contributed by atoms with E-state index in [4.69, 9.17) is 49.0 Å². The lowest BCUT2D eigenvalue weighted by molar-refractivity contribution is -0.140. The molecule has 1 fully saturated rings. The van der Waals surface area contributed by atoms with Gasteiger partial charge in [-0.1, -0.05) is 67.1 Å². The van der Waals surface area contributed by atoms with Crippen LogP contribution in [-0.2, 0) is 26.2 Å². The normalized spacial score (nSPS) is 14.1. The van der Waals surface area contributed by atoms with Gasteiger partial charge in [0, 0.05) is 23.7 Å². The van der Waals surface area contributed by atoms with Crippen LogP contribution < -0.4 is 23.8 Å². The number of halogens is 3. The summed E-state index contributed by atoms with van der Waals surface area (Å²) in [6, 6.07) is 12.6. The Bertz CT molecular complexity index is 1720. The summed E-state index contributed by atoms with van der Waals surface area (Å²) in [5.41, 5.74) is 0.638. The highest BCUT2D eigenvalue weighted by molar-refractivity contribution is 7.92. The molecule has 0 saturated heterocycles. The minimum absolute atomic E-state index is 0.000112. The number of hydrogen-bond donors (Lipinski definition) is 1. The predicted molar refractivity (Wildman–Crippen MR) is 188 cm³/mol. The molecule has 1 saturated carbocycles. The Morgan fingerprint density at radius 1 is 0.854 bits per heavy atom. The summed E-state index contributed by atoms with van der Waals surface area (Å²) in [7, 11) is -0.270. The molecule has 0 heterocycles. The van der Waals surface area contributed by atoms with E-state index in [-0.39, 0.29) is 57.0 Å². The summed E-state index contributed by atoms with van der Waals surface area (Å²) < 4.78 is 46.0. The smallest absolute Gasteiger partial charge is 0.265 e. The summed E-state index contributed by atoms with van der Waals surface area (Å²) in [6.45, 7) is 1.07. The molecule has 1 aliphatic rings. The van der Waals surface area contributed by atoms with E-state index in [9.17, 15) is 18.0 Å². The number of sulfonamides is 1. The van der Waals surface area contributed by atoms with Crippen LogP contribution >= 0.6 is 34.8 Å². The Kier molecular flexibility index (Phi) is 13.1. The van der Waals surface area contributed by atoms with Gasteiger partial charge in [0.1, 0.15) is 18.3 Å². The highest BCUT2D eigenvalue weighted by Crippen LogP contribution is 2.37. The van der Waals surface area contributed by atoms with E-state index in [1.54, 1.807) is 31.2 Å². The lowest BCUT2D eigenvalue weighted by Crippen LogP contribution is -2.54. The van der Waals surface area contributed by atoms with Gasteiger partial charge in [0.15, 0.2) is 11.5 Å². The Hall–Kier alpha value is -3.38. The Morgan fingerprint density at radius 2 is 1.52 bits per heavy atom. The summed E-state index contributed by atoms with van der Waals surface area (Å²) in [5, 5.41) is 3.96. The van der Waals surface area contributed by atoms with Gasteiger partial charge in [0.05, 0.1) is 42.0 Å². The topological polar surface area (TPSA) is 114 Å². The van der Waals surface area contributed by atoms with Gasteiger partial charge in [-0.3, -0.25) is 13.9 Å². The van der Waals surface area contributed by atoms with Crippen LogP contribution in [0.3, 0.4) is 0 Å². The van der Waals surface area contributed by atoms with Crippen molar-refractivity contribution in [3.05, 3.63) is 75.2 Å². The van der Waals surface area contributed by atoms with Gasteiger partial charge < -0.3 is 24.4 Å². The number of carbonyl (C=O) groups excluding carboxylic acids is 2. The zero-order valence-electron chi connectivity index (χ0n) is 27.3. The molecule has 1 unspecified atom stereocenters. The maximum Gasteiger partial charge on any atom is 0.265 e. The van der Waals surface area contributed by atoms with Gasteiger partial charge in [-0.2, -0.15) is 0 Å². The quantitative estimate of drug-likeness (QED) is 0.187. The second kappa shape index (κ2) is 16.8. The van der Waals surface area contributed by atoms with E-state index in [2.05, 4.69) is 5.32 Å². The van der Waals surface area contributed by atoms with Crippen molar-refractivity contribution in [1.29, 1.82) is 0 Å². The van der Waals surface area contributed by atoms with E-state index in [0.29, 0.717) is 16.3 Å². The average Bonchev–Trinajstić information content (AvgIpc) is 3.08. The second-order valence-corrected chi connectivity index (χ2v) is 14.5. The van der Waals surface area contributed by atoms with Gasteiger partial charge in [0.2, 0.25) is 11.8 Å². The predicted octanol–water partition coefficient (Wildman–Crippen LogP) is 7.12. The summed E-state index contributed by atoms with van der Waals surface area (Å²) >= 11 is 18.8. The van der Waals surface area contributed by atoms with Gasteiger partial charge in [-0.15, -0.1) is 0 Å². The highest BCUT2D eigenvalue weighted by Gasteiger charge is 2.36. The van der Waals surface area contributed by atoms with Crippen molar-refractivity contribution in [2.75, 3.05) is 32.2 Å². The minimum atomic E-state index is -4.48. The molecule has 0 spiro atoms. The minimum Gasteiger partial charge on any atom is -0.495 e. The lowest BCUT2D eigenvalue weighted by atomic mass is 9.95. The molecule has 0 radical (unpaired) electrons. The third kappa shape index (κ3) is 8.80. The first kappa shape index (κ1) is 37.4. The van der Waals surface area contributed by atoms with Crippen LogP contribution in [0.25, 0.3) is 0 Å². The van der Waals surface area contributed by atoms with Gasteiger partial charge in [-0.05, 0) is 67.3 Å². The second-order valence-electron chi connectivity index (χ2n) is 11.4. The van der Waals surface area contributed by atoms with E-state index < -0.39 is 28.5 Å². The third-order valence-electron chi connectivity index (χ3n) is 8.31. The number of carbonyl (C=O) groups is 2. The fourth-order valence-corrected chi connectivity index (χ4v) is 7.69. The molecular weight excluding hydrogens is 701 g/mol.